The van der Waals surface area contributed by atoms with Gasteiger partial charge in [-0.3, -0.25) is 19.2 Å². The van der Waals surface area contributed by atoms with Crippen molar-refractivity contribution in [1.82, 2.24) is 10.6 Å². The number of cyclic esters (lactones) is 2. The van der Waals surface area contributed by atoms with Crippen molar-refractivity contribution in [2.75, 3.05) is 0 Å². The summed E-state index contributed by atoms with van der Waals surface area (Å²) in [6.07, 6.45) is -2.27. The summed E-state index contributed by atoms with van der Waals surface area (Å²) in [4.78, 5) is 60.2. The zero-order chi connectivity index (χ0) is 23.3. The highest BCUT2D eigenvalue weighted by molar-refractivity contribution is 5.87. The third kappa shape index (κ3) is 5.93. The van der Waals surface area contributed by atoms with E-state index in [4.69, 9.17) is 14.2 Å². The van der Waals surface area contributed by atoms with Gasteiger partial charge in [-0.25, -0.2) is 4.79 Å². The van der Waals surface area contributed by atoms with Gasteiger partial charge >= 0.3 is 17.9 Å². The number of rotatable bonds is 5. The fourth-order valence-electron chi connectivity index (χ4n) is 3.98. The fourth-order valence-corrected chi connectivity index (χ4v) is 3.98. The average Bonchev–Trinajstić information content (AvgIpc) is 2.72. The zero-order valence-electron chi connectivity index (χ0n) is 18.0. The summed E-state index contributed by atoms with van der Waals surface area (Å²) in [7, 11) is 0. The molecule has 11 heteroatoms. The van der Waals surface area contributed by atoms with Gasteiger partial charge in [0.1, 0.15) is 12.2 Å². The molecule has 11 nitrogen and oxygen atoms in total. The molecule has 0 spiro atoms. The molecule has 31 heavy (non-hydrogen) atoms. The van der Waals surface area contributed by atoms with Crippen LogP contribution in [0.15, 0.2) is 0 Å². The maximum atomic E-state index is 12.8. The van der Waals surface area contributed by atoms with Crippen LogP contribution in [0.1, 0.15) is 47.0 Å². The number of hydrogen-bond acceptors (Lipinski definition) is 9. The van der Waals surface area contributed by atoms with Crippen LogP contribution in [0.3, 0.4) is 0 Å². The predicted molar refractivity (Wildman–Crippen MR) is 104 cm³/mol. The van der Waals surface area contributed by atoms with Gasteiger partial charge in [-0.15, -0.1) is 0 Å². The number of nitrogens with one attached hydrogen (secondary N) is 2. The minimum Gasteiger partial charge on any atom is -0.460 e. The average molecular weight is 442 g/mol. The Kier molecular flexibility index (Phi) is 8.37. The number of ether oxygens (including phenoxy) is 3. The topological polar surface area (TPSA) is 157 Å². The number of esters is 3. The van der Waals surface area contributed by atoms with Crippen molar-refractivity contribution in [2.45, 2.75) is 83.5 Å². The minimum absolute atomic E-state index is 0.363. The highest BCUT2D eigenvalue weighted by atomic mass is 16.6. The summed E-state index contributed by atoms with van der Waals surface area (Å²) in [5.74, 6) is -4.60. The molecular formula is C20H30N2O9. The van der Waals surface area contributed by atoms with Crippen LogP contribution < -0.4 is 10.6 Å². The van der Waals surface area contributed by atoms with Crippen molar-refractivity contribution in [1.29, 1.82) is 0 Å². The first-order chi connectivity index (χ1) is 14.6. The highest BCUT2D eigenvalue weighted by Gasteiger charge is 2.43. The number of aliphatic hydroxyl groups is 1. The molecule has 1 aliphatic heterocycles. The van der Waals surface area contributed by atoms with E-state index in [1.165, 1.54) is 27.7 Å². The maximum Gasteiger partial charge on any atom is 0.332 e. The molecule has 174 valence electrons. The second-order valence-electron chi connectivity index (χ2n) is 8.05. The van der Waals surface area contributed by atoms with Crippen LogP contribution in [0.4, 0.5) is 0 Å². The zero-order valence-corrected chi connectivity index (χ0v) is 18.0. The highest BCUT2D eigenvalue weighted by Crippen LogP contribution is 2.26. The number of carbonyl (C=O) groups is 5. The van der Waals surface area contributed by atoms with Crippen molar-refractivity contribution >= 4 is 30.2 Å². The van der Waals surface area contributed by atoms with Gasteiger partial charge < -0.3 is 30.0 Å². The second kappa shape index (κ2) is 10.6. The molecule has 0 bridgehead atoms. The first-order valence-corrected chi connectivity index (χ1v) is 10.3. The van der Waals surface area contributed by atoms with Crippen molar-refractivity contribution in [3.05, 3.63) is 0 Å². The molecule has 1 heterocycles. The summed E-state index contributed by atoms with van der Waals surface area (Å²) in [5.41, 5.74) is 0. The van der Waals surface area contributed by atoms with E-state index in [-0.39, 0.29) is 0 Å². The molecule has 1 aliphatic carbocycles. The molecule has 1 saturated carbocycles. The lowest BCUT2D eigenvalue weighted by atomic mass is 9.82. The fraction of sp³-hybridized carbons (Fsp3) is 0.750. The molecule has 0 radical (unpaired) electrons. The number of amides is 2. The van der Waals surface area contributed by atoms with Gasteiger partial charge in [0.2, 0.25) is 12.3 Å². The smallest absolute Gasteiger partial charge is 0.332 e. The Balaban J connectivity index is 2.18. The molecule has 2 amide bonds. The molecule has 1 saturated heterocycles. The number of hydrogen-bond donors (Lipinski definition) is 3. The van der Waals surface area contributed by atoms with E-state index in [1.807, 2.05) is 0 Å². The van der Waals surface area contributed by atoms with Gasteiger partial charge in [0.15, 0.2) is 12.1 Å². The summed E-state index contributed by atoms with van der Waals surface area (Å²) < 4.78 is 15.9. The van der Waals surface area contributed by atoms with Crippen LogP contribution in [-0.4, -0.2) is 71.8 Å². The second-order valence-corrected chi connectivity index (χ2v) is 8.05. The number of carbonyl (C=O) groups excluding carboxylic acids is 5. The third-order valence-corrected chi connectivity index (χ3v) is 5.73. The minimum atomic E-state index is -1.33. The summed E-state index contributed by atoms with van der Waals surface area (Å²) in [6.45, 7) is 5.57. The van der Waals surface area contributed by atoms with E-state index in [9.17, 15) is 29.1 Å². The van der Waals surface area contributed by atoms with Crippen LogP contribution in [0.5, 0.6) is 0 Å². The van der Waals surface area contributed by atoms with E-state index < -0.39 is 72.2 Å². The Bertz CT molecular complexity index is 713. The molecule has 3 N–H and O–H groups in total. The predicted octanol–water partition coefficient (Wildman–Crippen LogP) is -0.808. The Morgan fingerprint density at radius 1 is 1.10 bits per heavy atom. The van der Waals surface area contributed by atoms with Crippen LogP contribution >= 0.6 is 0 Å². The standard InChI is InChI=1S/C20H30N2O9/c1-9-17(31-12(4)24)11(3)30-20(28)15(10(2)29-19(9)27)22-18(26)13-6-5-7-14(16(13)25)21-8-23/h8-11,13-17,25H,5-7H2,1-4H3,(H,21,23)(H,22,26). The Hall–Kier alpha value is -2.69. The first kappa shape index (κ1) is 24.6. The van der Waals surface area contributed by atoms with Gasteiger partial charge in [0.25, 0.3) is 0 Å². The largest absolute Gasteiger partial charge is 0.460 e. The Morgan fingerprint density at radius 2 is 1.74 bits per heavy atom. The maximum absolute atomic E-state index is 12.8. The first-order valence-electron chi connectivity index (χ1n) is 10.3. The molecule has 0 aromatic heterocycles. The van der Waals surface area contributed by atoms with Crippen molar-refractivity contribution in [3.63, 3.8) is 0 Å². The molecule has 0 aromatic rings. The van der Waals surface area contributed by atoms with Gasteiger partial charge in [-0.05, 0) is 33.6 Å². The number of aliphatic hydroxyl groups excluding tert-OH is 1. The van der Waals surface area contributed by atoms with Crippen LogP contribution in [-0.2, 0) is 38.2 Å². The SMILES string of the molecule is CC(=O)OC1C(C)OC(=O)C(NC(=O)C2CCCC(NC=O)C2O)C(C)OC(=O)C1C. The van der Waals surface area contributed by atoms with Gasteiger partial charge in [-0.2, -0.15) is 0 Å². The van der Waals surface area contributed by atoms with Crippen LogP contribution in [0.2, 0.25) is 0 Å². The lowest BCUT2D eigenvalue weighted by Gasteiger charge is -2.34. The molecule has 8 atom stereocenters. The normalized spacial score (nSPS) is 36.5. The quantitative estimate of drug-likeness (QED) is 0.281. The van der Waals surface area contributed by atoms with E-state index in [0.29, 0.717) is 25.7 Å². The lowest BCUT2D eigenvalue weighted by Crippen LogP contribution is -2.56. The third-order valence-electron chi connectivity index (χ3n) is 5.73. The van der Waals surface area contributed by atoms with Gasteiger partial charge in [-0.1, -0.05) is 6.42 Å². The van der Waals surface area contributed by atoms with Crippen LogP contribution in [0.25, 0.3) is 0 Å². The van der Waals surface area contributed by atoms with E-state index in [1.54, 1.807) is 0 Å². The Labute approximate surface area is 180 Å². The van der Waals surface area contributed by atoms with E-state index >= 15 is 0 Å². The molecule has 8 unspecified atom stereocenters. The van der Waals surface area contributed by atoms with E-state index in [2.05, 4.69) is 10.6 Å². The summed E-state index contributed by atoms with van der Waals surface area (Å²) >= 11 is 0. The summed E-state index contributed by atoms with van der Waals surface area (Å²) in [6, 6.07) is -1.90. The van der Waals surface area contributed by atoms with Crippen molar-refractivity contribution in [3.8, 4) is 0 Å². The summed E-state index contributed by atoms with van der Waals surface area (Å²) in [5, 5.41) is 15.4. The molecular weight excluding hydrogens is 412 g/mol. The van der Waals surface area contributed by atoms with E-state index in [0.717, 1.165) is 0 Å². The molecule has 2 aliphatic rings. The van der Waals surface area contributed by atoms with Crippen LogP contribution in [0, 0.1) is 11.8 Å². The van der Waals surface area contributed by atoms with Gasteiger partial charge in [0.05, 0.1) is 24.0 Å². The van der Waals surface area contributed by atoms with Gasteiger partial charge in [0, 0.05) is 6.92 Å². The molecule has 0 aromatic carbocycles. The van der Waals surface area contributed by atoms with Crippen molar-refractivity contribution < 1.29 is 43.3 Å². The molecule has 2 fully saturated rings. The monoisotopic (exact) mass is 442 g/mol. The van der Waals surface area contributed by atoms with Crippen molar-refractivity contribution in [2.24, 2.45) is 11.8 Å². The molecule has 2 rings (SSSR count). The lowest BCUT2D eigenvalue weighted by molar-refractivity contribution is -0.172. The Morgan fingerprint density at radius 3 is 2.35 bits per heavy atom.